The Bertz CT molecular complexity index is 813. The van der Waals surface area contributed by atoms with Crippen molar-refractivity contribution in [2.24, 2.45) is 0 Å². The predicted octanol–water partition coefficient (Wildman–Crippen LogP) is 1.48. The molecule has 2 fully saturated rings. The first-order valence-corrected chi connectivity index (χ1v) is 12.3. The average Bonchev–Trinajstić information content (AvgIpc) is 3.07. The molecule has 0 unspecified atom stereocenters. The first-order chi connectivity index (χ1) is 12.9. The molecule has 1 amide bonds. The summed E-state index contributed by atoms with van der Waals surface area (Å²) in [5.41, 5.74) is 0.998. The molecule has 1 aromatic rings. The molecule has 3 aliphatic heterocycles. The van der Waals surface area contributed by atoms with Gasteiger partial charge < -0.3 is 15.0 Å². The number of halogens is 1. The van der Waals surface area contributed by atoms with Gasteiger partial charge in [-0.1, -0.05) is 0 Å². The van der Waals surface area contributed by atoms with Crippen LogP contribution in [0.5, 0.6) is 0 Å². The number of sulfonamides is 1. The molecule has 4 rings (SSSR count). The number of fused-ring (bicyclic) bond motifs is 2. The number of ether oxygens (including phenoxy) is 1. The summed E-state index contributed by atoms with van der Waals surface area (Å²) in [6, 6.07) is 1.99. The molecule has 0 atom stereocenters. The van der Waals surface area contributed by atoms with E-state index in [2.05, 4.69) is 16.1 Å². The SMILES string of the molecule is CS(=O)(=O)NC1CCN(C(=O)c2cc3c(s2)CCOC32CCNCC2)CC1.Cl. The molecule has 0 aliphatic carbocycles. The van der Waals surface area contributed by atoms with E-state index in [9.17, 15) is 13.2 Å². The number of hydrogen-bond donors (Lipinski definition) is 2. The summed E-state index contributed by atoms with van der Waals surface area (Å²) in [5, 5.41) is 3.39. The zero-order chi connectivity index (χ0) is 19.1. The lowest BCUT2D eigenvalue weighted by atomic mass is 9.83. The second-order valence-corrected chi connectivity index (χ2v) is 10.7. The zero-order valence-electron chi connectivity index (χ0n) is 16.0. The Morgan fingerprint density at radius 2 is 2.00 bits per heavy atom. The van der Waals surface area contributed by atoms with Crippen LogP contribution in [0.4, 0.5) is 0 Å². The Balaban J connectivity index is 0.00000225. The number of nitrogens with zero attached hydrogens (tertiary/aromatic N) is 1. The van der Waals surface area contributed by atoms with Gasteiger partial charge in [0, 0.05) is 30.4 Å². The van der Waals surface area contributed by atoms with Crippen LogP contribution in [0.3, 0.4) is 0 Å². The minimum atomic E-state index is -3.20. The van der Waals surface area contributed by atoms with Crippen molar-refractivity contribution in [3.63, 3.8) is 0 Å². The molecule has 0 radical (unpaired) electrons. The highest BCUT2D eigenvalue weighted by Gasteiger charge is 2.41. The average molecular weight is 450 g/mol. The molecular formula is C18H28ClN3O4S2. The van der Waals surface area contributed by atoms with Gasteiger partial charge in [-0.3, -0.25) is 4.79 Å². The molecule has 0 bridgehead atoms. The van der Waals surface area contributed by atoms with Gasteiger partial charge in [0.2, 0.25) is 10.0 Å². The van der Waals surface area contributed by atoms with Crippen LogP contribution in [0.2, 0.25) is 0 Å². The van der Waals surface area contributed by atoms with E-state index in [1.807, 2.05) is 4.90 Å². The quantitative estimate of drug-likeness (QED) is 0.729. The number of carbonyl (C=O) groups is 1. The van der Waals surface area contributed by atoms with E-state index in [1.54, 1.807) is 11.3 Å². The van der Waals surface area contributed by atoms with E-state index in [-0.39, 0.29) is 30.0 Å². The highest BCUT2D eigenvalue weighted by Crippen LogP contribution is 2.43. The van der Waals surface area contributed by atoms with Gasteiger partial charge in [-0.05, 0) is 50.4 Å². The summed E-state index contributed by atoms with van der Waals surface area (Å²) < 4.78 is 31.6. The minimum Gasteiger partial charge on any atom is -0.370 e. The van der Waals surface area contributed by atoms with Gasteiger partial charge in [-0.2, -0.15) is 0 Å². The summed E-state index contributed by atoms with van der Waals surface area (Å²) in [6.45, 7) is 3.78. The van der Waals surface area contributed by atoms with Crippen LogP contribution in [0.15, 0.2) is 6.07 Å². The van der Waals surface area contributed by atoms with E-state index in [1.165, 1.54) is 16.7 Å². The highest BCUT2D eigenvalue weighted by molar-refractivity contribution is 7.88. The molecule has 0 saturated carbocycles. The lowest BCUT2D eigenvalue weighted by molar-refractivity contribution is -0.0792. The van der Waals surface area contributed by atoms with Gasteiger partial charge in [0.1, 0.15) is 0 Å². The lowest BCUT2D eigenvalue weighted by Crippen LogP contribution is -2.46. The van der Waals surface area contributed by atoms with Crippen molar-refractivity contribution >= 4 is 39.7 Å². The van der Waals surface area contributed by atoms with E-state index in [4.69, 9.17) is 4.74 Å². The van der Waals surface area contributed by atoms with Crippen LogP contribution in [0.25, 0.3) is 0 Å². The molecule has 0 aromatic carbocycles. The Kier molecular flexibility index (Phi) is 6.73. The maximum atomic E-state index is 13.0. The molecule has 28 heavy (non-hydrogen) atoms. The van der Waals surface area contributed by atoms with Gasteiger partial charge in [0.05, 0.1) is 23.3 Å². The van der Waals surface area contributed by atoms with Crippen LogP contribution in [0.1, 0.15) is 45.8 Å². The maximum absolute atomic E-state index is 13.0. The fourth-order valence-electron chi connectivity index (χ4n) is 4.43. The van der Waals surface area contributed by atoms with Crippen molar-refractivity contribution in [3.05, 3.63) is 21.4 Å². The lowest BCUT2D eigenvalue weighted by Gasteiger charge is -2.40. The summed E-state index contributed by atoms with van der Waals surface area (Å²) in [6.07, 6.45) is 5.27. The summed E-state index contributed by atoms with van der Waals surface area (Å²) in [7, 11) is -3.20. The van der Waals surface area contributed by atoms with Crippen molar-refractivity contribution in [2.75, 3.05) is 39.0 Å². The third-order valence-electron chi connectivity index (χ3n) is 5.79. The topological polar surface area (TPSA) is 87.7 Å². The van der Waals surface area contributed by atoms with Gasteiger partial charge in [0.25, 0.3) is 5.91 Å². The highest BCUT2D eigenvalue weighted by atomic mass is 35.5. The van der Waals surface area contributed by atoms with Gasteiger partial charge in [-0.15, -0.1) is 23.7 Å². The van der Waals surface area contributed by atoms with Crippen LogP contribution >= 0.6 is 23.7 Å². The fraction of sp³-hybridized carbons (Fsp3) is 0.722. The van der Waals surface area contributed by atoms with Crippen molar-refractivity contribution in [1.29, 1.82) is 0 Å². The second-order valence-electron chi connectivity index (χ2n) is 7.75. The predicted molar refractivity (Wildman–Crippen MR) is 112 cm³/mol. The molecule has 2 N–H and O–H groups in total. The first-order valence-electron chi connectivity index (χ1n) is 9.61. The molecule has 10 heteroatoms. The largest absolute Gasteiger partial charge is 0.370 e. The van der Waals surface area contributed by atoms with Crippen molar-refractivity contribution in [3.8, 4) is 0 Å². The third kappa shape index (κ3) is 4.55. The van der Waals surface area contributed by atoms with Gasteiger partial charge >= 0.3 is 0 Å². The number of hydrogen-bond acceptors (Lipinski definition) is 6. The Morgan fingerprint density at radius 1 is 1.32 bits per heavy atom. The monoisotopic (exact) mass is 449 g/mol. The van der Waals surface area contributed by atoms with E-state index < -0.39 is 10.0 Å². The summed E-state index contributed by atoms with van der Waals surface area (Å²) in [4.78, 5) is 17.0. The van der Waals surface area contributed by atoms with Crippen LogP contribution in [-0.4, -0.2) is 64.3 Å². The van der Waals surface area contributed by atoms with Crippen LogP contribution in [-0.2, 0) is 26.8 Å². The maximum Gasteiger partial charge on any atom is 0.263 e. The molecule has 158 valence electrons. The molecular weight excluding hydrogens is 422 g/mol. The molecule has 1 aromatic heterocycles. The zero-order valence-corrected chi connectivity index (χ0v) is 18.5. The smallest absolute Gasteiger partial charge is 0.263 e. The molecule has 7 nitrogen and oxygen atoms in total. The fourth-order valence-corrected chi connectivity index (χ4v) is 6.47. The van der Waals surface area contributed by atoms with Gasteiger partial charge in [0.15, 0.2) is 0 Å². The Labute approximate surface area is 176 Å². The van der Waals surface area contributed by atoms with Crippen molar-refractivity contribution in [1.82, 2.24) is 14.9 Å². The number of rotatable bonds is 3. The minimum absolute atomic E-state index is 0. The molecule has 1 spiro atoms. The molecule has 3 aliphatic rings. The number of carbonyl (C=O) groups excluding carboxylic acids is 1. The van der Waals surface area contributed by atoms with Crippen molar-refractivity contribution in [2.45, 2.75) is 43.7 Å². The molecule has 4 heterocycles. The number of likely N-dealkylation sites (tertiary alicyclic amines) is 1. The van der Waals surface area contributed by atoms with E-state index in [0.29, 0.717) is 25.9 Å². The second kappa shape index (κ2) is 8.57. The number of nitrogens with one attached hydrogen (secondary N) is 2. The van der Waals surface area contributed by atoms with E-state index >= 15 is 0 Å². The first kappa shape index (κ1) is 22.0. The van der Waals surface area contributed by atoms with E-state index in [0.717, 1.165) is 43.8 Å². The van der Waals surface area contributed by atoms with Gasteiger partial charge in [-0.25, -0.2) is 13.1 Å². The normalized spacial score (nSPS) is 22.5. The third-order valence-corrected chi connectivity index (χ3v) is 7.74. The Hall–Kier alpha value is -0.710. The number of piperidine rings is 2. The number of thiophene rings is 1. The van der Waals surface area contributed by atoms with Crippen LogP contribution in [0, 0.1) is 0 Å². The Morgan fingerprint density at radius 3 is 2.64 bits per heavy atom. The van der Waals surface area contributed by atoms with Crippen molar-refractivity contribution < 1.29 is 17.9 Å². The number of amides is 1. The standard InChI is InChI=1S/C18H27N3O4S2.ClH/c1-27(23,24)20-13-2-9-21(10-3-13)17(22)16-12-14-15(26-16)4-11-25-18(14)5-7-19-8-6-18;/h12-13,19-20H,2-11H2,1H3;1H. The summed E-state index contributed by atoms with van der Waals surface area (Å²) >= 11 is 1.61. The molecule has 2 saturated heterocycles. The summed E-state index contributed by atoms with van der Waals surface area (Å²) in [5.74, 6) is 0.0660. The van der Waals surface area contributed by atoms with Crippen LogP contribution < -0.4 is 10.0 Å².